The molecule has 4 aromatic rings. The number of benzene rings is 3. The Bertz CT molecular complexity index is 1270. The van der Waals surface area contributed by atoms with E-state index in [1.54, 1.807) is 0 Å². The predicted octanol–water partition coefficient (Wildman–Crippen LogP) is 6.61. The Morgan fingerprint density at radius 1 is 1.03 bits per heavy atom. The minimum Gasteiger partial charge on any atom is -0.354 e. The number of aromatic nitrogens is 1. The van der Waals surface area contributed by atoms with Gasteiger partial charge in [-0.15, -0.1) is 0 Å². The first-order valence-electron chi connectivity index (χ1n) is 11.0. The maximum Gasteiger partial charge on any atom is 0.137 e. The van der Waals surface area contributed by atoms with Crippen molar-refractivity contribution in [3.63, 3.8) is 0 Å². The van der Waals surface area contributed by atoms with Crippen molar-refractivity contribution in [3.05, 3.63) is 101 Å². The van der Waals surface area contributed by atoms with Crippen LogP contribution >= 0.6 is 0 Å². The first-order chi connectivity index (χ1) is 15.5. The largest absolute Gasteiger partial charge is 0.354 e. The summed E-state index contributed by atoms with van der Waals surface area (Å²) in [5.74, 6) is 0.0784. The van der Waals surface area contributed by atoms with E-state index in [1.807, 2.05) is 18.3 Å². The van der Waals surface area contributed by atoms with Crippen LogP contribution in [0.5, 0.6) is 0 Å². The Morgan fingerprint density at radius 3 is 2.66 bits per heavy atom. The molecule has 0 saturated carbocycles. The molecule has 2 unspecified atom stereocenters. The zero-order valence-corrected chi connectivity index (χ0v) is 18.7. The first kappa shape index (κ1) is 20.8. The maximum absolute atomic E-state index is 13.2. The average molecular weight is 427 g/mol. The Hall–Kier alpha value is -3.08. The lowest BCUT2D eigenvalue weighted by Crippen LogP contribution is -2.28. The standard InChI is InChI=1S/C28H27FN2O/c1-18-4-5-22-14-23(15-30-27(22)12-18)21-8-11-26-24(13-21)17-32-28(26)31(3)16-19(2)20-6-9-25(29)10-7-20/h4-15,19,28H,16-17H2,1-3H3. The third-order valence-corrected chi connectivity index (χ3v) is 6.38. The van der Waals surface area contributed by atoms with Crippen LogP contribution < -0.4 is 0 Å². The second kappa shape index (κ2) is 8.45. The van der Waals surface area contributed by atoms with Gasteiger partial charge in [-0.25, -0.2) is 4.39 Å². The van der Waals surface area contributed by atoms with Crippen molar-refractivity contribution in [2.24, 2.45) is 0 Å². The number of nitrogens with zero attached hydrogens (tertiary/aromatic N) is 2. The summed E-state index contributed by atoms with van der Waals surface area (Å²) in [6.45, 7) is 5.68. The van der Waals surface area contributed by atoms with Crippen LogP contribution in [0.3, 0.4) is 0 Å². The number of likely N-dealkylation sites (N-methyl/N-ethyl adjacent to an activating group) is 1. The van der Waals surface area contributed by atoms with E-state index in [0.29, 0.717) is 6.61 Å². The molecule has 0 fully saturated rings. The number of ether oxygens (including phenoxy) is 1. The molecule has 0 radical (unpaired) electrons. The molecule has 1 aliphatic heterocycles. The van der Waals surface area contributed by atoms with Gasteiger partial charge in [0.1, 0.15) is 12.0 Å². The molecular weight excluding hydrogens is 399 g/mol. The summed E-state index contributed by atoms with van der Waals surface area (Å²) in [7, 11) is 2.09. The summed E-state index contributed by atoms with van der Waals surface area (Å²) in [4.78, 5) is 6.89. The lowest BCUT2D eigenvalue weighted by Gasteiger charge is -2.27. The first-order valence-corrected chi connectivity index (χ1v) is 11.0. The summed E-state index contributed by atoms with van der Waals surface area (Å²) in [6, 6.07) is 21.9. The number of hydrogen-bond acceptors (Lipinski definition) is 3. The summed E-state index contributed by atoms with van der Waals surface area (Å²) in [5, 5.41) is 1.15. The van der Waals surface area contributed by atoms with E-state index in [-0.39, 0.29) is 18.0 Å². The van der Waals surface area contributed by atoms with Gasteiger partial charge in [0.2, 0.25) is 0 Å². The number of fused-ring (bicyclic) bond motifs is 2. The average Bonchev–Trinajstić information content (AvgIpc) is 3.22. The van der Waals surface area contributed by atoms with Crippen molar-refractivity contribution >= 4 is 10.9 Å². The molecule has 0 saturated heterocycles. The van der Waals surface area contributed by atoms with Crippen LogP contribution in [0, 0.1) is 12.7 Å². The molecule has 32 heavy (non-hydrogen) atoms. The Morgan fingerprint density at radius 2 is 1.84 bits per heavy atom. The van der Waals surface area contributed by atoms with Gasteiger partial charge in [-0.05, 0) is 72.5 Å². The van der Waals surface area contributed by atoms with Crippen LogP contribution in [-0.2, 0) is 11.3 Å². The Kier molecular flexibility index (Phi) is 5.50. The van der Waals surface area contributed by atoms with E-state index in [2.05, 4.69) is 73.2 Å². The minimum atomic E-state index is -0.199. The van der Waals surface area contributed by atoms with Crippen LogP contribution in [0.25, 0.3) is 22.0 Å². The molecule has 162 valence electrons. The monoisotopic (exact) mass is 426 g/mol. The molecule has 5 rings (SSSR count). The molecule has 3 nitrogen and oxygen atoms in total. The van der Waals surface area contributed by atoms with E-state index in [1.165, 1.54) is 28.8 Å². The molecule has 0 bridgehead atoms. The normalized spacial score (nSPS) is 16.5. The second-order valence-corrected chi connectivity index (χ2v) is 8.89. The highest BCUT2D eigenvalue weighted by atomic mass is 19.1. The molecule has 2 heterocycles. The summed E-state index contributed by atoms with van der Waals surface area (Å²) >= 11 is 0. The van der Waals surface area contributed by atoms with Crippen LogP contribution in [0.2, 0.25) is 0 Å². The van der Waals surface area contributed by atoms with Gasteiger partial charge in [-0.3, -0.25) is 9.88 Å². The third-order valence-electron chi connectivity index (χ3n) is 6.38. The molecule has 3 aromatic carbocycles. The third kappa shape index (κ3) is 4.04. The van der Waals surface area contributed by atoms with Crippen molar-refractivity contribution in [2.45, 2.75) is 32.6 Å². The molecule has 0 aliphatic carbocycles. The quantitative estimate of drug-likeness (QED) is 0.359. The fourth-order valence-corrected chi connectivity index (χ4v) is 4.59. The van der Waals surface area contributed by atoms with Gasteiger partial charge in [-0.2, -0.15) is 0 Å². The number of aryl methyl sites for hydroxylation is 1. The van der Waals surface area contributed by atoms with Gasteiger partial charge in [0, 0.05) is 29.3 Å². The molecule has 0 spiro atoms. The number of pyridine rings is 1. The number of hydrogen-bond donors (Lipinski definition) is 0. The van der Waals surface area contributed by atoms with Gasteiger partial charge in [0.15, 0.2) is 0 Å². The SMILES string of the molecule is Cc1ccc2cc(-c3ccc4c(c3)COC4N(C)CC(C)c3ccc(F)cc3)cnc2c1. The zero-order valence-electron chi connectivity index (χ0n) is 18.7. The van der Waals surface area contributed by atoms with Gasteiger partial charge >= 0.3 is 0 Å². The topological polar surface area (TPSA) is 25.4 Å². The molecule has 0 amide bonds. The van der Waals surface area contributed by atoms with E-state index in [9.17, 15) is 4.39 Å². The molecule has 0 N–H and O–H groups in total. The van der Waals surface area contributed by atoms with Crippen LogP contribution in [0.1, 0.15) is 41.3 Å². The van der Waals surface area contributed by atoms with Gasteiger partial charge in [0.05, 0.1) is 12.1 Å². The van der Waals surface area contributed by atoms with Crippen LogP contribution in [0.15, 0.2) is 72.9 Å². The lowest BCUT2D eigenvalue weighted by atomic mass is 9.98. The summed E-state index contributed by atoms with van der Waals surface area (Å²) in [5.41, 5.74) is 8.08. The van der Waals surface area contributed by atoms with E-state index in [4.69, 9.17) is 4.74 Å². The molecular formula is C28H27FN2O. The second-order valence-electron chi connectivity index (χ2n) is 8.89. The van der Waals surface area contributed by atoms with Gasteiger partial charge in [0.25, 0.3) is 0 Å². The van der Waals surface area contributed by atoms with E-state index < -0.39 is 0 Å². The molecule has 2 atom stereocenters. The minimum absolute atomic E-state index is 0.0698. The van der Waals surface area contributed by atoms with Crippen LogP contribution in [-0.4, -0.2) is 23.5 Å². The fraction of sp³-hybridized carbons (Fsp3) is 0.250. The van der Waals surface area contributed by atoms with Crippen molar-refractivity contribution < 1.29 is 9.13 Å². The van der Waals surface area contributed by atoms with Crippen molar-refractivity contribution in [3.8, 4) is 11.1 Å². The zero-order chi connectivity index (χ0) is 22.2. The Balaban J connectivity index is 1.35. The van der Waals surface area contributed by atoms with Crippen LogP contribution in [0.4, 0.5) is 4.39 Å². The maximum atomic E-state index is 13.2. The Labute approximate surface area is 188 Å². The molecule has 4 heteroatoms. The van der Waals surface area contributed by atoms with Crippen molar-refractivity contribution in [1.29, 1.82) is 0 Å². The molecule has 1 aromatic heterocycles. The van der Waals surface area contributed by atoms with Crippen molar-refractivity contribution in [1.82, 2.24) is 9.88 Å². The van der Waals surface area contributed by atoms with Crippen molar-refractivity contribution in [2.75, 3.05) is 13.6 Å². The highest BCUT2D eigenvalue weighted by molar-refractivity contribution is 5.84. The molecule has 1 aliphatic rings. The predicted molar refractivity (Wildman–Crippen MR) is 127 cm³/mol. The van der Waals surface area contributed by atoms with Gasteiger partial charge in [-0.1, -0.05) is 43.3 Å². The highest BCUT2D eigenvalue weighted by Crippen LogP contribution is 2.36. The highest BCUT2D eigenvalue weighted by Gasteiger charge is 2.28. The van der Waals surface area contributed by atoms with E-state index >= 15 is 0 Å². The smallest absolute Gasteiger partial charge is 0.137 e. The summed E-state index contributed by atoms with van der Waals surface area (Å²) in [6.07, 6.45) is 1.88. The number of halogens is 1. The fourth-order valence-electron chi connectivity index (χ4n) is 4.59. The summed E-state index contributed by atoms with van der Waals surface area (Å²) < 4.78 is 19.4. The van der Waals surface area contributed by atoms with Gasteiger partial charge < -0.3 is 4.74 Å². The number of rotatable bonds is 5. The van der Waals surface area contributed by atoms with E-state index in [0.717, 1.165) is 34.1 Å². The lowest BCUT2D eigenvalue weighted by molar-refractivity contribution is -0.0410.